The number of rotatable bonds is 5. The van der Waals surface area contributed by atoms with E-state index >= 15 is 0 Å². The van der Waals surface area contributed by atoms with E-state index in [2.05, 4.69) is 29.8 Å². The van der Waals surface area contributed by atoms with Crippen molar-refractivity contribution < 1.29 is 4.42 Å². The van der Waals surface area contributed by atoms with Gasteiger partial charge in [0, 0.05) is 11.3 Å². The highest BCUT2D eigenvalue weighted by atomic mass is 35.5. The average molecular weight is 256 g/mol. The Morgan fingerprint density at radius 3 is 2.88 bits per heavy atom. The topological polar surface area (TPSA) is 25.2 Å². The van der Waals surface area contributed by atoms with E-state index in [1.54, 1.807) is 17.4 Å². The normalized spacial score (nSPS) is 12.9. The Labute approximate surface area is 104 Å². The zero-order valence-electron chi connectivity index (χ0n) is 9.07. The maximum absolute atomic E-state index is 5.79. The van der Waals surface area contributed by atoms with E-state index < -0.39 is 0 Å². The summed E-state index contributed by atoms with van der Waals surface area (Å²) < 4.78 is 5.45. The van der Waals surface area contributed by atoms with Crippen LogP contribution in [0.25, 0.3) is 0 Å². The van der Waals surface area contributed by atoms with Crippen LogP contribution in [0.4, 0.5) is 0 Å². The Bertz CT molecular complexity index is 424. The molecule has 0 amide bonds. The number of hydrogen-bond acceptors (Lipinski definition) is 3. The van der Waals surface area contributed by atoms with Crippen molar-refractivity contribution >= 4 is 22.9 Å². The first-order chi connectivity index (χ1) is 7.79. The van der Waals surface area contributed by atoms with Crippen molar-refractivity contribution in [2.24, 2.45) is 0 Å². The fourth-order valence-corrected chi connectivity index (χ4v) is 2.57. The highest BCUT2D eigenvalue weighted by molar-refractivity contribution is 7.09. The molecule has 0 fully saturated rings. The summed E-state index contributed by atoms with van der Waals surface area (Å²) in [5.74, 6) is 0.903. The fraction of sp³-hybridized carbons (Fsp3) is 0.333. The Balaban J connectivity index is 2.11. The molecule has 0 saturated carbocycles. The van der Waals surface area contributed by atoms with Gasteiger partial charge in [0.2, 0.25) is 0 Å². The van der Waals surface area contributed by atoms with Crippen molar-refractivity contribution in [1.82, 2.24) is 5.32 Å². The Morgan fingerprint density at radius 2 is 2.31 bits per heavy atom. The Kier molecular flexibility index (Phi) is 4.04. The zero-order chi connectivity index (χ0) is 11.4. The molecular formula is C12H14ClNOS. The van der Waals surface area contributed by atoms with Gasteiger partial charge in [-0.15, -0.1) is 11.3 Å². The molecule has 2 nitrogen and oxygen atoms in total. The Morgan fingerprint density at radius 1 is 1.44 bits per heavy atom. The van der Waals surface area contributed by atoms with E-state index in [-0.39, 0.29) is 6.04 Å². The highest BCUT2D eigenvalue weighted by Gasteiger charge is 2.15. The molecule has 0 aliphatic heterocycles. The van der Waals surface area contributed by atoms with E-state index in [0.29, 0.717) is 5.22 Å². The summed E-state index contributed by atoms with van der Waals surface area (Å²) in [5.41, 5.74) is 0. The van der Waals surface area contributed by atoms with Gasteiger partial charge in [-0.25, -0.2) is 0 Å². The summed E-state index contributed by atoms with van der Waals surface area (Å²) in [6.07, 6.45) is 0.940. The zero-order valence-corrected chi connectivity index (χ0v) is 10.6. The lowest BCUT2D eigenvalue weighted by Gasteiger charge is -2.14. The second-order valence-electron chi connectivity index (χ2n) is 3.54. The second kappa shape index (κ2) is 5.53. The summed E-state index contributed by atoms with van der Waals surface area (Å²) in [5, 5.41) is 5.94. The lowest BCUT2D eigenvalue weighted by molar-refractivity contribution is 0.419. The van der Waals surface area contributed by atoms with Crippen LogP contribution in [0, 0.1) is 0 Å². The van der Waals surface area contributed by atoms with E-state index in [4.69, 9.17) is 16.0 Å². The largest absolute Gasteiger partial charge is 0.448 e. The molecule has 2 aromatic rings. The predicted molar refractivity (Wildman–Crippen MR) is 68.2 cm³/mol. The molecule has 86 valence electrons. The molecule has 0 aliphatic carbocycles. The minimum Gasteiger partial charge on any atom is -0.448 e. The molecule has 0 spiro atoms. The van der Waals surface area contributed by atoms with Crippen LogP contribution in [0.15, 0.2) is 34.1 Å². The van der Waals surface area contributed by atoms with Gasteiger partial charge in [0.25, 0.3) is 0 Å². The summed E-state index contributed by atoms with van der Waals surface area (Å²) in [7, 11) is 0. The van der Waals surface area contributed by atoms with Gasteiger partial charge >= 0.3 is 0 Å². The molecular weight excluding hydrogens is 242 g/mol. The lowest BCUT2D eigenvalue weighted by atomic mass is 10.1. The molecule has 1 atom stereocenters. The molecule has 2 rings (SSSR count). The third-order valence-electron chi connectivity index (χ3n) is 2.37. The second-order valence-corrected chi connectivity index (χ2v) is 4.94. The minimum absolute atomic E-state index is 0.205. The van der Waals surface area contributed by atoms with Crippen LogP contribution in [0.5, 0.6) is 0 Å². The van der Waals surface area contributed by atoms with Crippen molar-refractivity contribution in [1.29, 1.82) is 0 Å². The van der Waals surface area contributed by atoms with Crippen LogP contribution in [0.3, 0.4) is 0 Å². The average Bonchev–Trinajstić information content (AvgIpc) is 2.88. The third kappa shape index (κ3) is 2.88. The van der Waals surface area contributed by atoms with Gasteiger partial charge in [0.05, 0.1) is 6.04 Å². The summed E-state index contributed by atoms with van der Waals surface area (Å²) >= 11 is 7.56. The molecule has 0 aliphatic rings. The standard InChI is InChI=1S/C12H14ClNOS/c1-2-14-10(8-9-4-3-7-16-9)11-5-6-12(13)15-11/h3-7,10,14H,2,8H2,1H3. The first kappa shape index (κ1) is 11.7. The first-order valence-electron chi connectivity index (χ1n) is 5.30. The summed E-state index contributed by atoms with van der Waals surface area (Å²) in [4.78, 5) is 1.35. The van der Waals surface area contributed by atoms with E-state index in [1.807, 2.05) is 6.07 Å². The summed E-state index contributed by atoms with van der Waals surface area (Å²) in [6.45, 7) is 3.00. The van der Waals surface area contributed by atoms with Gasteiger partial charge in [-0.2, -0.15) is 0 Å². The molecule has 2 heterocycles. The van der Waals surface area contributed by atoms with Crippen molar-refractivity contribution in [3.8, 4) is 0 Å². The van der Waals surface area contributed by atoms with Gasteiger partial charge in [0.15, 0.2) is 5.22 Å². The number of furan rings is 1. The van der Waals surface area contributed by atoms with Crippen molar-refractivity contribution in [2.45, 2.75) is 19.4 Å². The molecule has 0 bridgehead atoms. The Hall–Kier alpha value is -0.770. The maximum atomic E-state index is 5.79. The fourth-order valence-electron chi connectivity index (χ4n) is 1.67. The van der Waals surface area contributed by atoms with Crippen LogP contribution in [0.1, 0.15) is 23.6 Å². The molecule has 1 unspecified atom stereocenters. The first-order valence-corrected chi connectivity index (χ1v) is 6.56. The number of hydrogen-bond donors (Lipinski definition) is 1. The van der Waals surface area contributed by atoms with Crippen molar-refractivity contribution in [3.05, 3.63) is 45.5 Å². The number of likely N-dealkylation sites (N-methyl/N-ethyl adjacent to an activating group) is 1. The van der Waals surface area contributed by atoms with Gasteiger partial charge in [-0.05, 0) is 41.7 Å². The van der Waals surface area contributed by atoms with Crippen LogP contribution in [-0.4, -0.2) is 6.54 Å². The van der Waals surface area contributed by atoms with Crippen LogP contribution < -0.4 is 5.32 Å². The predicted octanol–water partition coefficient (Wildman–Crippen LogP) is 3.89. The number of thiophene rings is 1. The molecule has 4 heteroatoms. The lowest BCUT2D eigenvalue weighted by Crippen LogP contribution is -2.22. The van der Waals surface area contributed by atoms with E-state index in [0.717, 1.165) is 18.7 Å². The molecule has 1 N–H and O–H groups in total. The summed E-state index contributed by atoms with van der Waals surface area (Å²) in [6, 6.07) is 8.13. The maximum Gasteiger partial charge on any atom is 0.193 e. The molecule has 16 heavy (non-hydrogen) atoms. The monoisotopic (exact) mass is 255 g/mol. The van der Waals surface area contributed by atoms with Gasteiger partial charge in [-0.3, -0.25) is 0 Å². The highest BCUT2D eigenvalue weighted by Crippen LogP contribution is 2.24. The molecule has 0 saturated heterocycles. The minimum atomic E-state index is 0.205. The third-order valence-corrected chi connectivity index (χ3v) is 3.48. The van der Waals surface area contributed by atoms with Crippen LogP contribution >= 0.6 is 22.9 Å². The van der Waals surface area contributed by atoms with E-state index in [1.165, 1.54) is 4.88 Å². The quantitative estimate of drug-likeness (QED) is 0.877. The van der Waals surface area contributed by atoms with Gasteiger partial charge in [-0.1, -0.05) is 13.0 Å². The van der Waals surface area contributed by atoms with Crippen molar-refractivity contribution in [2.75, 3.05) is 6.54 Å². The van der Waals surface area contributed by atoms with Crippen molar-refractivity contribution in [3.63, 3.8) is 0 Å². The molecule has 2 aromatic heterocycles. The van der Waals surface area contributed by atoms with E-state index in [9.17, 15) is 0 Å². The molecule has 0 radical (unpaired) electrons. The number of nitrogens with one attached hydrogen (secondary N) is 1. The van der Waals surface area contributed by atoms with Gasteiger partial charge in [0.1, 0.15) is 5.76 Å². The molecule has 0 aromatic carbocycles. The number of halogens is 1. The van der Waals surface area contributed by atoms with Gasteiger partial charge < -0.3 is 9.73 Å². The smallest absolute Gasteiger partial charge is 0.193 e. The van der Waals surface area contributed by atoms with Crippen LogP contribution in [0.2, 0.25) is 5.22 Å². The SMILES string of the molecule is CCNC(Cc1cccs1)c1ccc(Cl)o1. The van der Waals surface area contributed by atoms with Crippen LogP contribution in [-0.2, 0) is 6.42 Å².